The van der Waals surface area contributed by atoms with Gasteiger partial charge in [-0.05, 0) is 38.8 Å². The molecule has 0 aliphatic heterocycles. The van der Waals surface area contributed by atoms with Crippen LogP contribution in [0.25, 0.3) is 10.9 Å². The van der Waals surface area contributed by atoms with Crippen LogP contribution in [0, 0.1) is 11.5 Å². The number of ether oxygens (including phenoxy) is 1. The molecule has 2 aromatic rings. The first kappa shape index (κ1) is 17.0. The van der Waals surface area contributed by atoms with E-state index in [1.165, 1.54) is 10.8 Å². The number of aldehydes is 1. The predicted octanol–water partition coefficient (Wildman–Crippen LogP) is 3.88. The van der Waals surface area contributed by atoms with E-state index in [4.69, 9.17) is 4.74 Å². The van der Waals surface area contributed by atoms with Gasteiger partial charge >= 0.3 is 14.9 Å². The van der Waals surface area contributed by atoms with E-state index >= 15 is 0 Å². The number of aromatic nitrogens is 1. The minimum absolute atomic E-state index is 0.441. The molecule has 0 N–H and O–H groups in total. The van der Waals surface area contributed by atoms with Crippen LogP contribution in [0.3, 0.4) is 0 Å². The van der Waals surface area contributed by atoms with Crippen molar-refractivity contribution in [1.29, 1.82) is 0 Å². The Labute approximate surface area is 138 Å². The lowest BCUT2D eigenvalue weighted by Gasteiger charge is -2.19. The maximum atomic E-state index is 12.4. The lowest BCUT2D eigenvalue weighted by molar-refractivity contribution is 0.0544. The molecule has 0 saturated carbocycles. The van der Waals surface area contributed by atoms with Gasteiger partial charge in [-0.25, -0.2) is 4.79 Å². The van der Waals surface area contributed by atoms with Crippen LogP contribution < -0.4 is 0 Å². The summed E-state index contributed by atoms with van der Waals surface area (Å²) in [7, 11) is -0.700. The largest absolute Gasteiger partial charge is 0.443 e. The molecule has 0 amide bonds. The van der Waals surface area contributed by atoms with E-state index in [0.717, 1.165) is 11.8 Å². The second kappa shape index (κ2) is 6.43. The van der Waals surface area contributed by atoms with Crippen molar-refractivity contribution < 1.29 is 14.3 Å². The molecule has 0 unspecified atom stereocenters. The molecule has 0 bridgehead atoms. The van der Waals surface area contributed by atoms with Gasteiger partial charge in [-0.15, -0.1) is 0 Å². The molecular formula is C18H20NO3Si+. The molecule has 0 radical (unpaired) electrons. The maximum Gasteiger partial charge on any atom is 0.419 e. The molecule has 5 heteroatoms. The average Bonchev–Trinajstić information content (AvgIpc) is 2.82. The van der Waals surface area contributed by atoms with Gasteiger partial charge in [0.25, 0.3) is 0 Å². The van der Waals surface area contributed by atoms with Crippen molar-refractivity contribution >= 4 is 32.1 Å². The summed E-state index contributed by atoms with van der Waals surface area (Å²) in [4.78, 5) is 23.8. The third-order valence-electron chi connectivity index (χ3n) is 3.02. The minimum Gasteiger partial charge on any atom is -0.443 e. The van der Waals surface area contributed by atoms with Gasteiger partial charge < -0.3 is 4.74 Å². The zero-order valence-corrected chi connectivity index (χ0v) is 15.1. The van der Waals surface area contributed by atoms with Gasteiger partial charge in [0.15, 0.2) is 6.29 Å². The molecule has 1 heterocycles. The number of carbonyl (C=O) groups is 2. The fraction of sp³-hybridized carbons (Fsp3) is 0.333. The van der Waals surface area contributed by atoms with Gasteiger partial charge in [-0.3, -0.25) is 9.36 Å². The number of hydrogen-bond donors (Lipinski definition) is 0. The van der Waals surface area contributed by atoms with Gasteiger partial charge in [-0.1, -0.05) is 6.07 Å². The zero-order chi connectivity index (χ0) is 17.2. The van der Waals surface area contributed by atoms with Crippen LogP contribution in [0.2, 0.25) is 13.1 Å². The monoisotopic (exact) mass is 326 g/mol. The highest BCUT2D eigenvalue weighted by Gasteiger charge is 2.21. The van der Waals surface area contributed by atoms with Crippen LogP contribution in [0.15, 0.2) is 24.4 Å². The third-order valence-corrected chi connectivity index (χ3v) is 3.65. The predicted molar refractivity (Wildman–Crippen MR) is 93.3 cm³/mol. The Balaban J connectivity index is 2.63. The second-order valence-electron chi connectivity index (χ2n) is 6.50. The Morgan fingerprint density at radius 3 is 2.57 bits per heavy atom. The Hall–Kier alpha value is -2.32. The summed E-state index contributed by atoms with van der Waals surface area (Å²) >= 11 is 0. The summed E-state index contributed by atoms with van der Waals surface area (Å²) in [5.41, 5.74) is 4.43. The van der Waals surface area contributed by atoms with Crippen LogP contribution in [0.1, 0.15) is 36.7 Å². The van der Waals surface area contributed by atoms with Gasteiger partial charge in [-0.2, -0.15) is 0 Å². The van der Waals surface area contributed by atoms with Crippen LogP contribution in [-0.2, 0) is 4.74 Å². The van der Waals surface area contributed by atoms with Crippen molar-refractivity contribution in [3.8, 4) is 11.5 Å². The third kappa shape index (κ3) is 3.91. The fourth-order valence-corrected chi connectivity index (χ4v) is 2.55. The molecule has 23 heavy (non-hydrogen) atoms. The Kier molecular flexibility index (Phi) is 4.76. The van der Waals surface area contributed by atoms with Crippen molar-refractivity contribution in [1.82, 2.24) is 4.57 Å². The van der Waals surface area contributed by atoms with Crippen LogP contribution in [0.4, 0.5) is 4.79 Å². The highest BCUT2D eigenvalue weighted by molar-refractivity contribution is 6.64. The zero-order valence-electron chi connectivity index (χ0n) is 14.1. The molecule has 118 valence electrons. The first-order valence-corrected chi connectivity index (χ1v) is 9.87. The number of hydrogen-bond acceptors (Lipinski definition) is 3. The molecular weight excluding hydrogens is 306 g/mol. The van der Waals surface area contributed by atoms with Gasteiger partial charge in [0.1, 0.15) is 5.60 Å². The Morgan fingerprint density at radius 2 is 2.00 bits per heavy atom. The van der Waals surface area contributed by atoms with Crippen molar-refractivity contribution in [2.24, 2.45) is 0 Å². The van der Waals surface area contributed by atoms with E-state index < -0.39 is 20.5 Å². The van der Waals surface area contributed by atoms with E-state index in [0.29, 0.717) is 16.5 Å². The van der Waals surface area contributed by atoms with Crippen molar-refractivity contribution in [3.05, 3.63) is 35.5 Å². The fourth-order valence-electron chi connectivity index (χ4n) is 2.17. The van der Waals surface area contributed by atoms with Gasteiger partial charge in [0.05, 0.1) is 24.2 Å². The Morgan fingerprint density at radius 1 is 1.30 bits per heavy atom. The highest BCUT2D eigenvalue weighted by Crippen LogP contribution is 2.25. The molecule has 0 fully saturated rings. The molecule has 2 rings (SSSR count). The smallest absolute Gasteiger partial charge is 0.419 e. The summed E-state index contributed by atoms with van der Waals surface area (Å²) in [6.45, 7) is 9.62. The highest BCUT2D eigenvalue weighted by atomic mass is 28.3. The lowest BCUT2D eigenvalue weighted by atomic mass is 10.1. The van der Waals surface area contributed by atoms with E-state index in [2.05, 4.69) is 24.6 Å². The molecule has 0 aliphatic carbocycles. The number of fused-ring (bicyclic) bond motifs is 1. The summed E-state index contributed by atoms with van der Waals surface area (Å²) in [6.07, 6.45) is 1.76. The molecule has 0 saturated heterocycles. The standard InChI is InChI=1S/C18H20NO3Si/c1-18(2,3)22-17(21)19-11-14(12-20)16-13(9-10-23(4)5)7-6-8-15(16)19/h6-8,11-12H,1-5H3/q+1. The van der Waals surface area contributed by atoms with Crippen molar-refractivity contribution in [3.63, 3.8) is 0 Å². The van der Waals surface area contributed by atoms with Gasteiger partial charge in [0.2, 0.25) is 0 Å². The number of carbonyl (C=O) groups excluding carboxylic acids is 2. The number of nitrogens with zero attached hydrogens (tertiary/aromatic N) is 1. The van der Waals surface area contributed by atoms with Crippen molar-refractivity contribution in [2.45, 2.75) is 39.5 Å². The summed E-state index contributed by atoms with van der Waals surface area (Å²) < 4.78 is 6.78. The SMILES string of the molecule is C[Si+](C)C#Cc1cccc2c1c(C=O)cn2C(=O)OC(C)(C)C. The molecule has 1 aromatic carbocycles. The topological polar surface area (TPSA) is 48.3 Å². The van der Waals surface area contributed by atoms with E-state index in [1.807, 2.05) is 12.1 Å². The first-order chi connectivity index (χ1) is 10.7. The first-order valence-electron chi connectivity index (χ1n) is 7.37. The molecule has 0 atom stereocenters. The van der Waals surface area contributed by atoms with Crippen molar-refractivity contribution in [2.75, 3.05) is 0 Å². The van der Waals surface area contributed by atoms with E-state index in [9.17, 15) is 9.59 Å². The van der Waals surface area contributed by atoms with Crippen LogP contribution in [-0.4, -0.2) is 31.3 Å². The Bertz CT molecular complexity index is 816. The maximum absolute atomic E-state index is 12.4. The number of rotatable bonds is 1. The molecule has 0 aliphatic rings. The molecule has 1 aromatic heterocycles. The normalized spacial score (nSPS) is 10.8. The quantitative estimate of drug-likeness (QED) is 0.454. The van der Waals surface area contributed by atoms with Crippen LogP contribution >= 0.6 is 0 Å². The van der Waals surface area contributed by atoms with Gasteiger partial charge in [0, 0.05) is 22.7 Å². The van der Waals surface area contributed by atoms with E-state index in [1.54, 1.807) is 26.8 Å². The summed E-state index contributed by atoms with van der Waals surface area (Å²) in [5, 5.41) is 0.698. The van der Waals surface area contributed by atoms with E-state index in [-0.39, 0.29) is 0 Å². The average molecular weight is 326 g/mol. The van der Waals surface area contributed by atoms with Crippen LogP contribution in [0.5, 0.6) is 0 Å². The second-order valence-corrected chi connectivity index (χ2v) is 8.75. The number of benzene rings is 1. The molecule has 4 nitrogen and oxygen atoms in total. The summed E-state index contributed by atoms with van der Waals surface area (Å²) in [6, 6.07) is 5.49. The summed E-state index contributed by atoms with van der Waals surface area (Å²) in [5.74, 6) is 3.13. The molecule has 0 spiro atoms. The minimum atomic E-state index is -0.700. The lowest BCUT2D eigenvalue weighted by Crippen LogP contribution is -2.26.